The number of ether oxygens (including phenoxy) is 1. The monoisotopic (exact) mass is 242 g/mol. The van der Waals surface area contributed by atoms with Gasteiger partial charge < -0.3 is 15.0 Å². The maximum Gasteiger partial charge on any atom is 0.0701 e. The summed E-state index contributed by atoms with van der Waals surface area (Å²) in [4.78, 5) is 2.42. The highest BCUT2D eigenvalue weighted by atomic mass is 16.5. The molecule has 1 fully saturated rings. The first-order valence-electron chi connectivity index (χ1n) is 7.11. The lowest BCUT2D eigenvalue weighted by Gasteiger charge is -2.29. The summed E-state index contributed by atoms with van der Waals surface area (Å²) in [5, 5.41) is 3.50. The van der Waals surface area contributed by atoms with Crippen molar-refractivity contribution in [3.8, 4) is 0 Å². The smallest absolute Gasteiger partial charge is 0.0701 e. The summed E-state index contributed by atoms with van der Waals surface area (Å²) in [6.45, 7) is 11.0. The largest absolute Gasteiger partial charge is 0.377 e. The third-order valence-electron chi connectivity index (χ3n) is 3.29. The average molecular weight is 242 g/mol. The van der Waals surface area contributed by atoms with Crippen molar-refractivity contribution in [2.75, 3.05) is 33.3 Å². The Hall–Kier alpha value is -0.120. The standard InChI is InChI=1S/C14H30N2O/c1-12(2)15-9-13(3)10-16(4)11-14-7-5-6-8-17-14/h12-15H,5-11H2,1-4H3. The first-order valence-corrected chi connectivity index (χ1v) is 7.11. The van der Waals surface area contributed by atoms with Crippen LogP contribution in [0.25, 0.3) is 0 Å². The second-order valence-electron chi connectivity index (χ2n) is 5.88. The zero-order valence-electron chi connectivity index (χ0n) is 12.0. The lowest BCUT2D eigenvalue weighted by atomic mass is 10.1. The highest BCUT2D eigenvalue weighted by Crippen LogP contribution is 2.13. The second kappa shape index (κ2) is 8.06. The van der Waals surface area contributed by atoms with E-state index in [2.05, 4.69) is 38.0 Å². The molecule has 0 aliphatic carbocycles. The molecule has 1 heterocycles. The zero-order chi connectivity index (χ0) is 12.7. The average Bonchev–Trinajstić information content (AvgIpc) is 2.27. The molecule has 1 N–H and O–H groups in total. The van der Waals surface area contributed by atoms with Crippen LogP contribution in [-0.4, -0.2) is 50.3 Å². The van der Waals surface area contributed by atoms with E-state index in [1.165, 1.54) is 19.3 Å². The fourth-order valence-electron chi connectivity index (χ4n) is 2.41. The molecule has 0 bridgehead atoms. The Morgan fingerprint density at radius 3 is 2.65 bits per heavy atom. The molecule has 2 unspecified atom stereocenters. The number of nitrogens with zero attached hydrogens (tertiary/aromatic N) is 1. The molecule has 0 radical (unpaired) electrons. The van der Waals surface area contributed by atoms with Gasteiger partial charge in [0.25, 0.3) is 0 Å². The highest BCUT2D eigenvalue weighted by Gasteiger charge is 2.16. The number of hydrogen-bond acceptors (Lipinski definition) is 3. The van der Waals surface area contributed by atoms with Gasteiger partial charge in [-0.25, -0.2) is 0 Å². The van der Waals surface area contributed by atoms with Crippen molar-refractivity contribution in [3.05, 3.63) is 0 Å². The van der Waals surface area contributed by atoms with Crippen molar-refractivity contribution >= 4 is 0 Å². The third kappa shape index (κ3) is 7.02. The first kappa shape index (κ1) is 14.9. The molecule has 102 valence electrons. The van der Waals surface area contributed by atoms with E-state index in [1.54, 1.807) is 0 Å². The lowest BCUT2D eigenvalue weighted by Crippen LogP contribution is -2.38. The molecule has 0 aromatic heterocycles. The van der Waals surface area contributed by atoms with Gasteiger partial charge in [-0.3, -0.25) is 0 Å². The summed E-state index contributed by atoms with van der Waals surface area (Å²) in [5.74, 6) is 0.700. The molecular weight excluding hydrogens is 212 g/mol. The molecule has 0 aromatic rings. The van der Waals surface area contributed by atoms with Crippen molar-refractivity contribution in [1.29, 1.82) is 0 Å². The molecule has 1 saturated heterocycles. The summed E-state index contributed by atoms with van der Waals surface area (Å²) in [5.41, 5.74) is 0. The van der Waals surface area contributed by atoms with E-state index in [1.807, 2.05) is 0 Å². The van der Waals surface area contributed by atoms with Gasteiger partial charge in [0.2, 0.25) is 0 Å². The Morgan fingerprint density at radius 2 is 2.06 bits per heavy atom. The van der Waals surface area contributed by atoms with E-state index in [4.69, 9.17) is 4.74 Å². The van der Waals surface area contributed by atoms with Crippen LogP contribution in [0.3, 0.4) is 0 Å². The van der Waals surface area contributed by atoms with Gasteiger partial charge in [0.15, 0.2) is 0 Å². The number of nitrogens with one attached hydrogen (secondary N) is 1. The van der Waals surface area contributed by atoms with Crippen molar-refractivity contribution < 1.29 is 4.74 Å². The van der Waals surface area contributed by atoms with Gasteiger partial charge in [0.05, 0.1) is 6.10 Å². The molecule has 0 spiro atoms. The van der Waals surface area contributed by atoms with Crippen LogP contribution in [0.5, 0.6) is 0 Å². The fourth-order valence-corrected chi connectivity index (χ4v) is 2.41. The highest BCUT2D eigenvalue weighted by molar-refractivity contribution is 4.70. The minimum Gasteiger partial charge on any atom is -0.377 e. The van der Waals surface area contributed by atoms with E-state index >= 15 is 0 Å². The summed E-state index contributed by atoms with van der Waals surface area (Å²) >= 11 is 0. The van der Waals surface area contributed by atoms with E-state index in [-0.39, 0.29) is 0 Å². The van der Waals surface area contributed by atoms with Crippen molar-refractivity contribution in [2.24, 2.45) is 5.92 Å². The fraction of sp³-hybridized carbons (Fsp3) is 1.00. The van der Waals surface area contributed by atoms with Crippen molar-refractivity contribution in [1.82, 2.24) is 10.2 Å². The Bertz CT molecular complexity index is 191. The number of rotatable bonds is 7. The van der Waals surface area contributed by atoms with E-state index in [0.717, 1.165) is 26.2 Å². The SMILES string of the molecule is CC(CNC(C)C)CN(C)CC1CCCCO1. The first-order chi connectivity index (χ1) is 8.08. The minimum atomic E-state index is 0.471. The van der Waals surface area contributed by atoms with Crippen molar-refractivity contribution in [3.63, 3.8) is 0 Å². The molecule has 0 amide bonds. The molecule has 0 saturated carbocycles. The minimum absolute atomic E-state index is 0.471. The predicted molar refractivity (Wildman–Crippen MR) is 73.4 cm³/mol. The van der Waals surface area contributed by atoms with Crippen LogP contribution in [-0.2, 0) is 4.74 Å². The van der Waals surface area contributed by atoms with Crippen LogP contribution in [0.4, 0.5) is 0 Å². The molecule has 1 aliphatic heterocycles. The van der Waals surface area contributed by atoms with Gasteiger partial charge in [-0.05, 0) is 38.8 Å². The quantitative estimate of drug-likeness (QED) is 0.740. The maximum absolute atomic E-state index is 5.77. The second-order valence-corrected chi connectivity index (χ2v) is 5.88. The molecular formula is C14H30N2O. The molecule has 0 aromatic carbocycles. The molecule has 3 heteroatoms. The summed E-state index contributed by atoms with van der Waals surface area (Å²) in [6, 6.07) is 0.587. The van der Waals surface area contributed by atoms with Gasteiger partial charge in [0.1, 0.15) is 0 Å². The van der Waals surface area contributed by atoms with Crippen LogP contribution in [0.15, 0.2) is 0 Å². The molecule has 1 aliphatic rings. The number of hydrogen-bond donors (Lipinski definition) is 1. The molecule has 17 heavy (non-hydrogen) atoms. The van der Waals surface area contributed by atoms with Crippen LogP contribution in [0.2, 0.25) is 0 Å². The Morgan fingerprint density at radius 1 is 1.29 bits per heavy atom. The van der Waals surface area contributed by atoms with Crippen molar-refractivity contribution in [2.45, 2.75) is 52.2 Å². The molecule has 2 atom stereocenters. The Kier molecular flexibility index (Phi) is 7.09. The summed E-state index contributed by atoms with van der Waals surface area (Å²) in [6.07, 6.45) is 4.29. The van der Waals surface area contributed by atoms with E-state index in [9.17, 15) is 0 Å². The van der Waals surface area contributed by atoms with E-state index in [0.29, 0.717) is 18.1 Å². The van der Waals surface area contributed by atoms with Crippen LogP contribution < -0.4 is 5.32 Å². The van der Waals surface area contributed by atoms with Crippen LogP contribution in [0.1, 0.15) is 40.0 Å². The van der Waals surface area contributed by atoms with Gasteiger partial charge in [-0.1, -0.05) is 20.8 Å². The van der Waals surface area contributed by atoms with Gasteiger partial charge in [0, 0.05) is 25.7 Å². The topological polar surface area (TPSA) is 24.5 Å². The summed E-state index contributed by atoms with van der Waals surface area (Å²) < 4.78 is 5.77. The predicted octanol–water partition coefficient (Wildman–Crippen LogP) is 2.12. The van der Waals surface area contributed by atoms with Gasteiger partial charge >= 0.3 is 0 Å². The number of likely N-dealkylation sites (N-methyl/N-ethyl adjacent to an activating group) is 1. The third-order valence-corrected chi connectivity index (χ3v) is 3.29. The summed E-state index contributed by atoms with van der Waals surface area (Å²) in [7, 11) is 2.21. The maximum atomic E-state index is 5.77. The molecule has 3 nitrogen and oxygen atoms in total. The van der Waals surface area contributed by atoms with E-state index < -0.39 is 0 Å². The van der Waals surface area contributed by atoms with Crippen LogP contribution >= 0.6 is 0 Å². The normalized spacial score (nSPS) is 23.3. The Balaban J connectivity index is 2.12. The van der Waals surface area contributed by atoms with Gasteiger partial charge in [-0.15, -0.1) is 0 Å². The van der Waals surface area contributed by atoms with Gasteiger partial charge in [-0.2, -0.15) is 0 Å². The lowest BCUT2D eigenvalue weighted by molar-refractivity contribution is -0.00314. The molecule has 1 rings (SSSR count). The van der Waals surface area contributed by atoms with Crippen LogP contribution in [0, 0.1) is 5.92 Å². The zero-order valence-corrected chi connectivity index (χ0v) is 12.0. The Labute approximate surface area is 107 Å².